The van der Waals surface area contributed by atoms with Crippen molar-refractivity contribution in [1.29, 1.82) is 0 Å². The third kappa shape index (κ3) is 1.50. The van der Waals surface area contributed by atoms with Gasteiger partial charge in [-0.3, -0.25) is 4.79 Å². The Morgan fingerprint density at radius 1 is 1.06 bits per heavy atom. The molecule has 3 fully saturated rings. The van der Waals surface area contributed by atoms with E-state index in [4.69, 9.17) is 4.74 Å². The van der Waals surface area contributed by atoms with Crippen molar-refractivity contribution in [2.45, 2.75) is 71.8 Å². The van der Waals surface area contributed by atoms with E-state index in [1.54, 1.807) is 0 Å². The first-order valence-electron chi connectivity index (χ1n) is 7.50. The third-order valence-corrected chi connectivity index (χ3v) is 6.46. The summed E-state index contributed by atoms with van der Waals surface area (Å²) in [5, 5.41) is 0. The Kier molecular flexibility index (Phi) is 2.44. The Morgan fingerprint density at radius 2 is 1.78 bits per heavy atom. The normalized spacial score (nSPS) is 50.3. The van der Waals surface area contributed by atoms with E-state index in [-0.39, 0.29) is 11.6 Å². The van der Waals surface area contributed by atoms with Crippen molar-refractivity contribution in [3.8, 4) is 0 Å². The zero-order valence-corrected chi connectivity index (χ0v) is 12.2. The number of esters is 1. The lowest BCUT2D eigenvalue weighted by atomic mass is 9.45. The molecule has 0 N–H and O–H groups in total. The Hall–Kier alpha value is -0.530. The molecular weight excluding hydrogens is 224 g/mol. The predicted molar refractivity (Wildman–Crippen MR) is 71.1 cm³/mol. The molecule has 0 amide bonds. The molecule has 1 saturated heterocycles. The van der Waals surface area contributed by atoms with Crippen LogP contribution in [0.3, 0.4) is 0 Å². The third-order valence-electron chi connectivity index (χ3n) is 6.46. The van der Waals surface area contributed by atoms with Gasteiger partial charge in [-0.1, -0.05) is 27.2 Å². The molecular formula is C16H26O2. The van der Waals surface area contributed by atoms with E-state index in [0.29, 0.717) is 23.2 Å². The second kappa shape index (κ2) is 3.52. The molecule has 2 aliphatic carbocycles. The van der Waals surface area contributed by atoms with Crippen LogP contribution in [0.1, 0.15) is 66.2 Å². The number of rotatable bonds is 0. The summed E-state index contributed by atoms with van der Waals surface area (Å²) in [6.45, 7) is 9.46. The Balaban J connectivity index is 2.00. The molecule has 0 radical (unpaired) electrons. The average molecular weight is 250 g/mol. The second-order valence-corrected chi connectivity index (χ2v) is 7.98. The van der Waals surface area contributed by atoms with Crippen molar-refractivity contribution in [2.75, 3.05) is 0 Å². The first-order chi connectivity index (χ1) is 8.28. The Bertz CT molecular complexity index is 387. The molecule has 3 aliphatic rings. The van der Waals surface area contributed by atoms with E-state index in [0.717, 1.165) is 12.3 Å². The molecule has 0 spiro atoms. The van der Waals surface area contributed by atoms with Crippen LogP contribution in [0.5, 0.6) is 0 Å². The highest BCUT2D eigenvalue weighted by atomic mass is 16.6. The highest BCUT2D eigenvalue weighted by Crippen LogP contribution is 2.64. The molecule has 3 rings (SSSR count). The fraction of sp³-hybridized carbons (Fsp3) is 0.938. The van der Waals surface area contributed by atoms with Crippen molar-refractivity contribution in [3.63, 3.8) is 0 Å². The Labute approximate surface area is 110 Å². The number of hydrogen-bond donors (Lipinski definition) is 0. The molecule has 0 unspecified atom stereocenters. The monoisotopic (exact) mass is 250 g/mol. The number of carbonyl (C=O) groups excluding carboxylic acids is 1. The summed E-state index contributed by atoms with van der Waals surface area (Å²) in [7, 11) is 0. The minimum Gasteiger partial charge on any atom is -0.459 e. The van der Waals surface area contributed by atoms with Gasteiger partial charge in [0.2, 0.25) is 0 Å². The number of carbonyl (C=O) groups is 1. The largest absolute Gasteiger partial charge is 0.459 e. The molecule has 0 bridgehead atoms. The van der Waals surface area contributed by atoms with Crippen LogP contribution in [0.25, 0.3) is 0 Å². The lowest BCUT2D eigenvalue weighted by molar-refractivity contribution is -0.164. The molecule has 2 nitrogen and oxygen atoms in total. The maximum atomic E-state index is 11.8. The fourth-order valence-corrected chi connectivity index (χ4v) is 5.65. The van der Waals surface area contributed by atoms with Gasteiger partial charge in [0.05, 0.1) is 6.42 Å². The average Bonchev–Trinajstić information content (AvgIpc) is 2.53. The zero-order valence-electron chi connectivity index (χ0n) is 12.2. The lowest BCUT2D eigenvalue weighted by Gasteiger charge is -2.59. The predicted octanol–water partition coefficient (Wildman–Crippen LogP) is 3.93. The lowest BCUT2D eigenvalue weighted by Crippen LogP contribution is -2.55. The van der Waals surface area contributed by atoms with E-state index in [1.165, 1.54) is 25.7 Å². The molecule has 0 aromatic rings. The van der Waals surface area contributed by atoms with Gasteiger partial charge in [-0.05, 0) is 49.4 Å². The van der Waals surface area contributed by atoms with E-state index in [1.807, 2.05) is 0 Å². The maximum Gasteiger partial charge on any atom is 0.306 e. The van der Waals surface area contributed by atoms with Crippen molar-refractivity contribution < 1.29 is 9.53 Å². The van der Waals surface area contributed by atoms with Crippen molar-refractivity contribution >= 4 is 5.97 Å². The summed E-state index contributed by atoms with van der Waals surface area (Å²) in [5.41, 5.74) is 0.566. The van der Waals surface area contributed by atoms with Crippen LogP contribution < -0.4 is 0 Å². The van der Waals surface area contributed by atoms with Crippen LogP contribution in [0.2, 0.25) is 0 Å². The highest BCUT2D eigenvalue weighted by molar-refractivity contribution is 5.73. The van der Waals surface area contributed by atoms with Crippen molar-refractivity contribution in [1.82, 2.24) is 0 Å². The van der Waals surface area contributed by atoms with Crippen molar-refractivity contribution in [2.24, 2.45) is 22.7 Å². The van der Waals surface area contributed by atoms with Gasteiger partial charge in [0.15, 0.2) is 0 Å². The van der Waals surface area contributed by atoms with Gasteiger partial charge in [0.1, 0.15) is 5.60 Å². The molecule has 2 saturated carbocycles. The van der Waals surface area contributed by atoms with Crippen LogP contribution >= 0.6 is 0 Å². The van der Waals surface area contributed by atoms with Crippen LogP contribution in [-0.4, -0.2) is 11.6 Å². The number of fused-ring (bicyclic) bond motifs is 3. The molecule has 0 aromatic heterocycles. The number of hydrogen-bond acceptors (Lipinski definition) is 2. The quantitative estimate of drug-likeness (QED) is 0.609. The molecule has 1 aliphatic heterocycles. The minimum atomic E-state index is -0.171. The smallest absolute Gasteiger partial charge is 0.306 e. The summed E-state index contributed by atoms with van der Waals surface area (Å²) < 4.78 is 5.70. The molecule has 2 heteroatoms. The van der Waals surface area contributed by atoms with Gasteiger partial charge in [-0.15, -0.1) is 0 Å². The summed E-state index contributed by atoms with van der Waals surface area (Å²) in [5.74, 6) is 1.23. The first kappa shape index (κ1) is 12.5. The SMILES string of the molecule is CC1(C)CCC[C@@]2(C)[C@H]1CC[C@]1(C)OC(=O)C[C@@H]21. The second-order valence-electron chi connectivity index (χ2n) is 7.98. The molecule has 18 heavy (non-hydrogen) atoms. The van der Waals surface area contributed by atoms with E-state index in [9.17, 15) is 4.79 Å². The van der Waals surface area contributed by atoms with Crippen LogP contribution in [-0.2, 0) is 9.53 Å². The minimum absolute atomic E-state index is 0.0350. The van der Waals surface area contributed by atoms with Crippen LogP contribution in [0.15, 0.2) is 0 Å². The van der Waals surface area contributed by atoms with E-state index in [2.05, 4.69) is 27.7 Å². The van der Waals surface area contributed by atoms with E-state index >= 15 is 0 Å². The zero-order chi connectivity index (χ0) is 13.2. The fourth-order valence-electron chi connectivity index (χ4n) is 5.65. The van der Waals surface area contributed by atoms with Gasteiger partial charge < -0.3 is 4.74 Å². The molecule has 102 valence electrons. The van der Waals surface area contributed by atoms with E-state index < -0.39 is 0 Å². The van der Waals surface area contributed by atoms with Crippen LogP contribution in [0.4, 0.5) is 0 Å². The van der Waals surface area contributed by atoms with Gasteiger partial charge >= 0.3 is 5.97 Å². The number of ether oxygens (including phenoxy) is 1. The van der Waals surface area contributed by atoms with Crippen molar-refractivity contribution in [3.05, 3.63) is 0 Å². The summed E-state index contributed by atoms with van der Waals surface area (Å²) >= 11 is 0. The van der Waals surface area contributed by atoms with Gasteiger partial charge in [-0.25, -0.2) is 0 Å². The van der Waals surface area contributed by atoms with Gasteiger partial charge in [0.25, 0.3) is 0 Å². The summed E-state index contributed by atoms with van der Waals surface area (Å²) in [6, 6.07) is 0. The highest BCUT2D eigenvalue weighted by Gasteiger charge is 2.62. The summed E-state index contributed by atoms with van der Waals surface area (Å²) in [4.78, 5) is 11.8. The summed E-state index contributed by atoms with van der Waals surface area (Å²) in [6.07, 6.45) is 6.86. The molecule has 4 atom stereocenters. The standard InChI is InChI=1S/C16H26O2/c1-14(2)7-5-8-15(3)11(14)6-9-16(4)12(15)10-13(17)18-16/h11-12H,5-10H2,1-4H3/t11-,12-,15-,16-/m0/s1. The Morgan fingerprint density at radius 3 is 2.50 bits per heavy atom. The molecule has 0 aromatic carbocycles. The van der Waals surface area contributed by atoms with Gasteiger partial charge in [0, 0.05) is 5.92 Å². The molecule has 1 heterocycles. The van der Waals surface area contributed by atoms with Gasteiger partial charge in [-0.2, -0.15) is 0 Å². The topological polar surface area (TPSA) is 26.3 Å². The maximum absolute atomic E-state index is 11.8. The van der Waals surface area contributed by atoms with Crippen LogP contribution in [0, 0.1) is 22.7 Å². The first-order valence-corrected chi connectivity index (χ1v) is 7.50.